The fourth-order valence-corrected chi connectivity index (χ4v) is 3.51. The van der Waals surface area contributed by atoms with Gasteiger partial charge in [-0.1, -0.05) is 32.0 Å². The normalized spacial score (nSPS) is 12.8. The number of nitrogens with one attached hydrogen (secondary N) is 3. The topological polar surface area (TPSA) is 127 Å². The molecule has 9 heteroatoms. The number of H-pyrrole nitrogens is 1. The van der Waals surface area contributed by atoms with E-state index in [1.54, 1.807) is 6.20 Å². The Bertz CT molecular complexity index is 952. The number of hydrogen-bond acceptors (Lipinski definition) is 6. The Morgan fingerprint density at radius 3 is 2.34 bits per heavy atom. The predicted octanol–water partition coefficient (Wildman–Crippen LogP) is 1.71. The minimum Gasteiger partial charge on any atom is -0.469 e. The first kappa shape index (κ1) is 24.9. The van der Waals surface area contributed by atoms with Crippen molar-refractivity contribution in [3.8, 4) is 0 Å². The number of aromatic nitrogens is 1. The van der Waals surface area contributed by atoms with Crippen LogP contribution in [0, 0.1) is 11.8 Å². The number of esters is 2. The van der Waals surface area contributed by atoms with Gasteiger partial charge in [-0.3, -0.25) is 19.2 Å². The summed E-state index contributed by atoms with van der Waals surface area (Å²) in [6.45, 7) is 3.58. The molecule has 0 aliphatic carbocycles. The Hall–Kier alpha value is -3.36. The van der Waals surface area contributed by atoms with E-state index in [1.807, 2.05) is 38.1 Å². The van der Waals surface area contributed by atoms with E-state index in [2.05, 4.69) is 20.4 Å². The first-order chi connectivity index (χ1) is 15.2. The fraction of sp³-hybridized carbons (Fsp3) is 0.478. The third-order valence-electron chi connectivity index (χ3n) is 5.13. The number of benzene rings is 1. The van der Waals surface area contributed by atoms with Gasteiger partial charge in [0, 0.05) is 29.4 Å². The van der Waals surface area contributed by atoms with Crippen LogP contribution in [0.2, 0.25) is 0 Å². The number of fused-ring (bicyclic) bond motifs is 1. The van der Waals surface area contributed by atoms with Gasteiger partial charge in [0.2, 0.25) is 11.8 Å². The first-order valence-corrected chi connectivity index (χ1v) is 10.5. The van der Waals surface area contributed by atoms with Crippen LogP contribution >= 0.6 is 0 Å². The number of carbonyl (C=O) groups excluding carboxylic acids is 4. The average molecular weight is 446 g/mol. The molecule has 0 bridgehead atoms. The highest BCUT2D eigenvalue weighted by atomic mass is 16.5. The van der Waals surface area contributed by atoms with Gasteiger partial charge in [0.15, 0.2) is 0 Å². The van der Waals surface area contributed by atoms with Crippen molar-refractivity contribution in [1.29, 1.82) is 0 Å². The molecule has 0 saturated carbocycles. The van der Waals surface area contributed by atoms with Crippen molar-refractivity contribution in [3.05, 3.63) is 36.0 Å². The molecule has 2 aromatic rings. The molecule has 0 aliphatic heterocycles. The van der Waals surface area contributed by atoms with Gasteiger partial charge >= 0.3 is 11.9 Å². The number of para-hydroxylation sites is 1. The Morgan fingerprint density at radius 1 is 1.00 bits per heavy atom. The van der Waals surface area contributed by atoms with Gasteiger partial charge in [0.05, 0.1) is 20.6 Å². The number of ether oxygens (including phenoxy) is 2. The van der Waals surface area contributed by atoms with E-state index in [9.17, 15) is 19.2 Å². The van der Waals surface area contributed by atoms with Gasteiger partial charge in [0.1, 0.15) is 12.6 Å². The molecule has 0 saturated heterocycles. The summed E-state index contributed by atoms with van der Waals surface area (Å²) < 4.78 is 9.29. The Kier molecular flexibility index (Phi) is 9.24. The van der Waals surface area contributed by atoms with Crippen LogP contribution in [-0.2, 0) is 35.1 Å². The maximum absolute atomic E-state index is 13.0. The molecule has 0 radical (unpaired) electrons. The van der Waals surface area contributed by atoms with Crippen molar-refractivity contribution >= 4 is 34.7 Å². The number of hydrogen-bond donors (Lipinski definition) is 3. The lowest BCUT2D eigenvalue weighted by atomic mass is 9.92. The van der Waals surface area contributed by atoms with Crippen LogP contribution in [0.3, 0.4) is 0 Å². The molecule has 1 aromatic heterocycles. The van der Waals surface area contributed by atoms with E-state index in [0.717, 1.165) is 16.5 Å². The maximum Gasteiger partial charge on any atom is 0.325 e. The standard InChI is InChI=1S/C23H31N3O6/c1-14(2)9-15(11-20(27)31-3)22(29)26-19(23(30)25-13-21(28)32-4)10-16-12-24-18-8-6-5-7-17(16)18/h5-8,12,14-15,19,24H,9-11,13H2,1-4H3,(H,25,30)(H,26,29)/t15?,19-/m0/s1. The lowest BCUT2D eigenvalue weighted by Gasteiger charge is -2.23. The van der Waals surface area contributed by atoms with E-state index in [1.165, 1.54) is 14.2 Å². The van der Waals surface area contributed by atoms with Crippen molar-refractivity contribution in [2.24, 2.45) is 11.8 Å². The highest BCUT2D eigenvalue weighted by Crippen LogP contribution is 2.20. The van der Waals surface area contributed by atoms with Gasteiger partial charge < -0.3 is 25.1 Å². The lowest BCUT2D eigenvalue weighted by molar-refractivity contribution is -0.145. The molecule has 32 heavy (non-hydrogen) atoms. The molecule has 2 rings (SSSR count). The molecule has 1 aromatic carbocycles. The third-order valence-corrected chi connectivity index (χ3v) is 5.13. The van der Waals surface area contributed by atoms with Crippen LogP contribution in [0.25, 0.3) is 10.9 Å². The molecular formula is C23H31N3O6. The van der Waals surface area contributed by atoms with E-state index in [0.29, 0.717) is 6.42 Å². The van der Waals surface area contributed by atoms with Crippen molar-refractivity contribution in [3.63, 3.8) is 0 Å². The van der Waals surface area contributed by atoms with Crippen molar-refractivity contribution in [2.45, 2.75) is 39.2 Å². The first-order valence-electron chi connectivity index (χ1n) is 10.5. The molecule has 0 aliphatic rings. The van der Waals surface area contributed by atoms with Crippen LogP contribution in [0.5, 0.6) is 0 Å². The smallest absolute Gasteiger partial charge is 0.325 e. The van der Waals surface area contributed by atoms with Crippen LogP contribution in [-0.4, -0.2) is 55.5 Å². The SMILES string of the molecule is COC(=O)CNC(=O)[C@H](Cc1c[nH]c2ccccc12)NC(=O)C(CC(=O)OC)CC(C)C. The largest absolute Gasteiger partial charge is 0.469 e. The molecule has 3 N–H and O–H groups in total. The monoisotopic (exact) mass is 445 g/mol. The van der Waals surface area contributed by atoms with Gasteiger partial charge in [-0.05, 0) is 24.0 Å². The van der Waals surface area contributed by atoms with Crippen LogP contribution in [0.1, 0.15) is 32.3 Å². The summed E-state index contributed by atoms with van der Waals surface area (Å²) in [6.07, 6.45) is 2.38. The number of rotatable bonds is 11. The number of methoxy groups -OCH3 is 2. The molecule has 9 nitrogen and oxygen atoms in total. The summed E-state index contributed by atoms with van der Waals surface area (Å²) in [7, 11) is 2.50. The van der Waals surface area contributed by atoms with Gasteiger partial charge in [-0.25, -0.2) is 0 Å². The average Bonchev–Trinajstić information content (AvgIpc) is 3.18. The summed E-state index contributed by atoms with van der Waals surface area (Å²) in [5, 5.41) is 6.20. The summed E-state index contributed by atoms with van der Waals surface area (Å²) in [4.78, 5) is 52.3. The van der Waals surface area contributed by atoms with E-state index in [-0.39, 0.29) is 25.3 Å². The molecule has 2 amide bonds. The minimum absolute atomic E-state index is 0.0793. The van der Waals surface area contributed by atoms with Crippen molar-refractivity contribution in [1.82, 2.24) is 15.6 Å². The zero-order valence-corrected chi connectivity index (χ0v) is 18.9. The Labute approximate surface area is 187 Å². The number of carbonyl (C=O) groups is 4. The quantitative estimate of drug-likeness (QED) is 0.452. The molecule has 174 valence electrons. The molecule has 2 atom stereocenters. The zero-order valence-electron chi connectivity index (χ0n) is 18.9. The molecule has 1 heterocycles. The highest BCUT2D eigenvalue weighted by Gasteiger charge is 2.29. The van der Waals surface area contributed by atoms with Crippen LogP contribution in [0.15, 0.2) is 30.5 Å². The molecule has 0 spiro atoms. The number of amides is 2. The second-order valence-electron chi connectivity index (χ2n) is 8.03. The van der Waals surface area contributed by atoms with Crippen molar-refractivity contribution < 1.29 is 28.7 Å². The molecular weight excluding hydrogens is 414 g/mol. The molecule has 1 unspecified atom stereocenters. The highest BCUT2D eigenvalue weighted by molar-refractivity contribution is 5.92. The summed E-state index contributed by atoms with van der Waals surface area (Å²) in [6, 6.07) is 6.68. The lowest BCUT2D eigenvalue weighted by Crippen LogP contribution is -2.51. The van der Waals surface area contributed by atoms with Crippen LogP contribution in [0.4, 0.5) is 0 Å². The second kappa shape index (κ2) is 11.9. The zero-order chi connectivity index (χ0) is 23.7. The maximum atomic E-state index is 13.0. The van der Waals surface area contributed by atoms with E-state index in [4.69, 9.17) is 4.74 Å². The number of aromatic amines is 1. The van der Waals surface area contributed by atoms with Crippen LogP contribution < -0.4 is 10.6 Å². The summed E-state index contributed by atoms with van der Waals surface area (Å²) in [5.41, 5.74) is 1.75. The second-order valence-corrected chi connectivity index (χ2v) is 8.03. The van der Waals surface area contributed by atoms with E-state index < -0.39 is 35.7 Å². The Balaban J connectivity index is 2.23. The fourth-order valence-electron chi connectivity index (χ4n) is 3.51. The van der Waals surface area contributed by atoms with Gasteiger partial charge in [-0.2, -0.15) is 0 Å². The predicted molar refractivity (Wildman–Crippen MR) is 119 cm³/mol. The van der Waals surface area contributed by atoms with Gasteiger partial charge in [0.25, 0.3) is 0 Å². The molecule has 0 fully saturated rings. The van der Waals surface area contributed by atoms with Crippen molar-refractivity contribution in [2.75, 3.05) is 20.8 Å². The van der Waals surface area contributed by atoms with Gasteiger partial charge in [-0.15, -0.1) is 0 Å². The summed E-state index contributed by atoms with van der Waals surface area (Å²) >= 11 is 0. The third kappa shape index (κ3) is 7.11. The van der Waals surface area contributed by atoms with E-state index >= 15 is 0 Å². The summed E-state index contributed by atoms with van der Waals surface area (Å²) in [5.74, 6) is -2.50. The Morgan fingerprint density at radius 2 is 1.69 bits per heavy atom. The minimum atomic E-state index is -0.946.